The Morgan fingerprint density at radius 1 is 1.11 bits per heavy atom. The molecule has 0 heterocycles. The lowest BCUT2D eigenvalue weighted by Gasteiger charge is -2.11. The van der Waals surface area contributed by atoms with Crippen LogP contribution in [0.25, 0.3) is 0 Å². The molecule has 0 aliphatic heterocycles. The summed E-state index contributed by atoms with van der Waals surface area (Å²) in [7, 11) is 0. The van der Waals surface area contributed by atoms with Gasteiger partial charge in [-0.1, -0.05) is 17.7 Å². The first-order chi connectivity index (χ1) is 9.01. The molecule has 19 heavy (non-hydrogen) atoms. The van der Waals surface area contributed by atoms with Crippen molar-refractivity contribution in [3.63, 3.8) is 0 Å². The zero-order valence-corrected chi connectivity index (χ0v) is 11.5. The van der Waals surface area contributed by atoms with E-state index in [4.69, 9.17) is 27.9 Å². The highest BCUT2D eigenvalue weighted by Gasteiger charge is 2.15. The quantitative estimate of drug-likeness (QED) is 0.684. The Hall–Kier alpha value is -1.32. The van der Waals surface area contributed by atoms with Crippen molar-refractivity contribution in [2.24, 2.45) is 0 Å². The normalized spacial score (nSPS) is 10.6. The van der Waals surface area contributed by atoms with E-state index in [0.29, 0.717) is 5.56 Å². The molecular weight excluding hydrogens is 293 g/mol. The summed E-state index contributed by atoms with van der Waals surface area (Å²) in [5.74, 6) is -1.87. The predicted octanol–water partition coefficient (Wildman–Crippen LogP) is 5.46. The summed E-state index contributed by atoms with van der Waals surface area (Å²) in [5, 5.41) is 0.283. The van der Waals surface area contributed by atoms with Crippen molar-refractivity contribution in [3.05, 3.63) is 58.1 Å². The molecule has 0 bridgehead atoms. The summed E-state index contributed by atoms with van der Waals surface area (Å²) >= 11 is 11.5. The smallest absolute Gasteiger partial charge is 0.198 e. The number of rotatable bonds is 3. The van der Waals surface area contributed by atoms with E-state index in [0.717, 1.165) is 17.7 Å². The van der Waals surface area contributed by atoms with Gasteiger partial charge in [0.25, 0.3) is 0 Å². The lowest BCUT2D eigenvalue weighted by Crippen LogP contribution is -1.95. The third-order valence-corrected chi connectivity index (χ3v) is 3.13. The third kappa shape index (κ3) is 3.17. The summed E-state index contributed by atoms with van der Waals surface area (Å²) in [5.41, 5.74) is 1.22. The zero-order valence-electron chi connectivity index (χ0n) is 10.0. The molecule has 0 saturated carbocycles. The number of aryl methyl sites for hydroxylation is 1. The van der Waals surface area contributed by atoms with E-state index in [1.807, 2.05) is 6.92 Å². The second-order valence-corrected chi connectivity index (χ2v) is 4.73. The molecule has 0 spiro atoms. The molecule has 0 N–H and O–H groups in total. The average molecular weight is 303 g/mol. The first kappa shape index (κ1) is 14.1. The van der Waals surface area contributed by atoms with E-state index in [9.17, 15) is 8.78 Å². The topological polar surface area (TPSA) is 9.23 Å². The number of hydrogen-bond donors (Lipinski definition) is 0. The van der Waals surface area contributed by atoms with Gasteiger partial charge in [0, 0.05) is 5.88 Å². The van der Waals surface area contributed by atoms with Gasteiger partial charge in [-0.05, 0) is 42.3 Å². The van der Waals surface area contributed by atoms with Crippen molar-refractivity contribution < 1.29 is 13.5 Å². The maximum absolute atomic E-state index is 13.7. The predicted molar refractivity (Wildman–Crippen MR) is 72.2 cm³/mol. The van der Waals surface area contributed by atoms with Crippen LogP contribution in [0, 0.1) is 18.6 Å². The van der Waals surface area contributed by atoms with Gasteiger partial charge in [-0.3, -0.25) is 0 Å². The van der Waals surface area contributed by atoms with Crippen LogP contribution in [-0.4, -0.2) is 0 Å². The molecular formula is C14H10Cl2F2O. The molecule has 0 aliphatic carbocycles. The summed E-state index contributed by atoms with van der Waals surface area (Å²) < 4.78 is 32.7. The van der Waals surface area contributed by atoms with Crippen LogP contribution in [0.15, 0.2) is 30.3 Å². The van der Waals surface area contributed by atoms with Gasteiger partial charge >= 0.3 is 0 Å². The molecule has 0 radical (unpaired) electrons. The van der Waals surface area contributed by atoms with Crippen LogP contribution >= 0.6 is 23.2 Å². The Kier molecular flexibility index (Phi) is 4.27. The molecule has 2 aromatic rings. The summed E-state index contributed by atoms with van der Waals surface area (Å²) in [6.07, 6.45) is 0. The Morgan fingerprint density at radius 3 is 2.32 bits per heavy atom. The van der Waals surface area contributed by atoms with Gasteiger partial charge < -0.3 is 4.74 Å². The summed E-state index contributed by atoms with van der Waals surface area (Å²) in [6.45, 7) is 1.83. The van der Waals surface area contributed by atoms with Crippen molar-refractivity contribution >= 4 is 23.2 Å². The van der Waals surface area contributed by atoms with E-state index >= 15 is 0 Å². The molecule has 0 aromatic heterocycles. The Bertz CT molecular complexity index is 591. The van der Waals surface area contributed by atoms with Crippen molar-refractivity contribution in [2.45, 2.75) is 12.8 Å². The second-order valence-electron chi connectivity index (χ2n) is 4.06. The number of ether oxygens (including phenoxy) is 1. The molecule has 2 rings (SSSR count). The molecule has 100 valence electrons. The van der Waals surface area contributed by atoms with Gasteiger partial charge in [-0.25, -0.2) is 8.78 Å². The lowest BCUT2D eigenvalue weighted by atomic mass is 10.2. The molecule has 0 aliphatic rings. The van der Waals surface area contributed by atoms with Crippen LogP contribution in [0.3, 0.4) is 0 Å². The fraction of sp³-hybridized carbons (Fsp3) is 0.143. The van der Waals surface area contributed by atoms with Crippen molar-refractivity contribution in [2.75, 3.05) is 0 Å². The van der Waals surface area contributed by atoms with Crippen LogP contribution in [0.4, 0.5) is 8.78 Å². The largest absolute Gasteiger partial charge is 0.450 e. The van der Waals surface area contributed by atoms with Crippen LogP contribution < -0.4 is 4.74 Å². The standard InChI is InChI=1S/C14H10Cl2F2O/c1-8-2-3-10(16)13(4-8)19-14-11(17)5-9(7-15)6-12(14)18/h2-6H,7H2,1H3. The van der Waals surface area contributed by atoms with E-state index in [1.165, 1.54) is 0 Å². The number of alkyl halides is 1. The minimum absolute atomic E-state index is 0.0271. The Labute approximate surface area is 119 Å². The lowest BCUT2D eigenvalue weighted by molar-refractivity contribution is 0.407. The highest BCUT2D eigenvalue weighted by molar-refractivity contribution is 6.32. The maximum Gasteiger partial charge on any atom is 0.198 e. The Balaban J connectivity index is 2.41. The maximum atomic E-state index is 13.7. The minimum atomic E-state index is -0.812. The van der Waals surface area contributed by atoms with Gasteiger partial charge in [0.05, 0.1) is 5.02 Å². The molecule has 0 saturated heterocycles. The fourth-order valence-electron chi connectivity index (χ4n) is 1.59. The van der Waals surface area contributed by atoms with Crippen LogP contribution in [0.5, 0.6) is 11.5 Å². The summed E-state index contributed by atoms with van der Waals surface area (Å²) in [4.78, 5) is 0. The molecule has 1 nitrogen and oxygen atoms in total. The minimum Gasteiger partial charge on any atom is -0.450 e. The van der Waals surface area contributed by atoms with E-state index in [2.05, 4.69) is 0 Å². The fourth-order valence-corrected chi connectivity index (χ4v) is 1.90. The van der Waals surface area contributed by atoms with E-state index in [-0.39, 0.29) is 16.7 Å². The van der Waals surface area contributed by atoms with Gasteiger partial charge in [-0.15, -0.1) is 11.6 Å². The highest BCUT2D eigenvalue weighted by atomic mass is 35.5. The average Bonchev–Trinajstić information content (AvgIpc) is 2.37. The highest BCUT2D eigenvalue weighted by Crippen LogP contribution is 2.33. The molecule has 0 amide bonds. The van der Waals surface area contributed by atoms with Crippen molar-refractivity contribution in [1.29, 1.82) is 0 Å². The van der Waals surface area contributed by atoms with Gasteiger partial charge in [0.2, 0.25) is 0 Å². The van der Waals surface area contributed by atoms with E-state index in [1.54, 1.807) is 18.2 Å². The second kappa shape index (κ2) is 5.76. The molecule has 0 atom stereocenters. The molecule has 2 aromatic carbocycles. The van der Waals surface area contributed by atoms with Crippen molar-refractivity contribution in [3.8, 4) is 11.5 Å². The molecule has 0 fully saturated rings. The van der Waals surface area contributed by atoms with Gasteiger partial charge in [0.1, 0.15) is 5.75 Å². The number of benzene rings is 2. The molecule has 5 heteroatoms. The SMILES string of the molecule is Cc1ccc(Cl)c(Oc2c(F)cc(CCl)cc2F)c1. The van der Waals surface area contributed by atoms with Crippen LogP contribution in [0.2, 0.25) is 5.02 Å². The summed E-state index contributed by atoms with van der Waals surface area (Å²) in [6, 6.07) is 7.26. The zero-order chi connectivity index (χ0) is 14.0. The first-order valence-electron chi connectivity index (χ1n) is 5.49. The van der Waals surface area contributed by atoms with Crippen molar-refractivity contribution in [1.82, 2.24) is 0 Å². The van der Waals surface area contributed by atoms with Gasteiger partial charge in [0.15, 0.2) is 17.4 Å². The number of hydrogen-bond acceptors (Lipinski definition) is 1. The van der Waals surface area contributed by atoms with Gasteiger partial charge in [-0.2, -0.15) is 0 Å². The Morgan fingerprint density at radius 2 is 1.74 bits per heavy atom. The third-order valence-electron chi connectivity index (χ3n) is 2.51. The van der Waals surface area contributed by atoms with Crippen LogP contribution in [-0.2, 0) is 5.88 Å². The first-order valence-corrected chi connectivity index (χ1v) is 6.40. The van der Waals surface area contributed by atoms with Crippen LogP contribution in [0.1, 0.15) is 11.1 Å². The monoisotopic (exact) mass is 302 g/mol. The number of halogens is 4. The van der Waals surface area contributed by atoms with E-state index < -0.39 is 17.4 Å². The molecule has 0 unspecified atom stereocenters.